The Kier molecular flexibility index (Phi) is 5.57. The van der Waals surface area contributed by atoms with Crippen molar-refractivity contribution in [2.24, 2.45) is 0 Å². The van der Waals surface area contributed by atoms with Crippen LogP contribution in [0.1, 0.15) is 0 Å². The largest absolute Gasteiger partial charge is 0.307 e. The minimum Gasteiger partial charge on any atom is -0.307 e. The molecule has 2 nitrogen and oxygen atoms in total. The molecule has 0 saturated carbocycles. The predicted octanol–water partition coefficient (Wildman–Crippen LogP) is 13.1. The number of aromatic nitrogens is 2. The summed E-state index contributed by atoms with van der Waals surface area (Å²) in [6.07, 6.45) is 0. The van der Waals surface area contributed by atoms with Gasteiger partial charge >= 0.3 is 0 Å². The van der Waals surface area contributed by atoms with E-state index in [1.165, 1.54) is 91.4 Å². The van der Waals surface area contributed by atoms with Crippen LogP contribution in [0.25, 0.3) is 97.1 Å². The number of benzene rings is 8. The monoisotopic (exact) mass is 640 g/mol. The Hall–Kier alpha value is -6.16. The van der Waals surface area contributed by atoms with Crippen LogP contribution in [0.2, 0.25) is 0 Å². The van der Waals surface area contributed by atoms with Crippen molar-refractivity contribution in [2.45, 2.75) is 0 Å². The number of thiophene rings is 1. The maximum Gasteiger partial charge on any atom is 0.0789 e. The molecule has 3 heterocycles. The van der Waals surface area contributed by atoms with Crippen LogP contribution in [0.15, 0.2) is 170 Å². The molecule has 0 spiro atoms. The highest BCUT2D eigenvalue weighted by atomic mass is 32.1. The van der Waals surface area contributed by atoms with Crippen LogP contribution in [0.4, 0.5) is 0 Å². The molecule has 8 aromatic carbocycles. The molecule has 0 bridgehead atoms. The summed E-state index contributed by atoms with van der Waals surface area (Å²) in [5.74, 6) is 0. The van der Waals surface area contributed by atoms with Gasteiger partial charge in [-0.3, -0.25) is 0 Å². The first-order valence-corrected chi connectivity index (χ1v) is 17.6. The molecule has 0 unspecified atom stereocenters. The molecular formula is C46H28N2S. The molecule has 11 rings (SSSR count). The molecule has 0 aliphatic heterocycles. The topological polar surface area (TPSA) is 9.86 Å². The Morgan fingerprint density at radius 2 is 0.918 bits per heavy atom. The van der Waals surface area contributed by atoms with Crippen molar-refractivity contribution in [3.63, 3.8) is 0 Å². The van der Waals surface area contributed by atoms with E-state index >= 15 is 0 Å². The number of hydrogen-bond donors (Lipinski definition) is 0. The molecule has 0 atom stereocenters. The van der Waals surface area contributed by atoms with E-state index in [2.05, 4.69) is 179 Å². The molecule has 3 aromatic heterocycles. The molecule has 0 aliphatic rings. The first-order valence-electron chi connectivity index (χ1n) is 16.8. The number of rotatable bonds is 3. The van der Waals surface area contributed by atoms with Crippen molar-refractivity contribution in [1.82, 2.24) is 9.13 Å². The Labute approximate surface area is 286 Å². The fourth-order valence-corrected chi connectivity index (χ4v) is 9.31. The van der Waals surface area contributed by atoms with Gasteiger partial charge in [0.05, 0.1) is 27.8 Å². The number of nitrogens with zero attached hydrogens (tertiary/aromatic N) is 2. The summed E-state index contributed by atoms with van der Waals surface area (Å²) in [6, 6.07) is 62.4. The molecule has 0 aliphatic carbocycles. The van der Waals surface area contributed by atoms with Crippen LogP contribution in [-0.4, -0.2) is 9.13 Å². The predicted molar refractivity (Wildman–Crippen MR) is 211 cm³/mol. The van der Waals surface area contributed by atoms with Gasteiger partial charge in [0.15, 0.2) is 0 Å². The second-order valence-electron chi connectivity index (χ2n) is 12.9. The van der Waals surface area contributed by atoms with Crippen LogP contribution in [0.5, 0.6) is 0 Å². The molecule has 0 N–H and O–H groups in total. The summed E-state index contributed by atoms with van der Waals surface area (Å²) < 4.78 is 7.64. The summed E-state index contributed by atoms with van der Waals surface area (Å²) in [7, 11) is 0. The van der Waals surface area contributed by atoms with Crippen LogP contribution >= 0.6 is 11.3 Å². The number of fused-ring (bicyclic) bond motifs is 11. The van der Waals surface area contributed by atoms with E-state index in [1.54, 1.807) is 0 Å². The van der Waals surface area contributed by atoms with Crippen molar-refractivity contribution < 1.29 is 0 Å². The zero-order valence-corrected chi connectivity index (χ0v) is 27.3. The molecule has 0 fully saturated rings. The highest BCUT2D eigenvalue weighted by Gasteiger charge is 2.22. The lowest BCUT2D eigenvalue weighted by atomic mass is 9.96. The van der Waals surface area contributed by atoms with Gasteiger partial charge in [0.2, 0.25) is 0 Å². The second kappa shape index (κ2) is 10.2. The summed E-state index contributed by atoms with van der Waals surface area (Å²) in [5, 5.41) is 10.2. The Morgan fingerprint density at radius 1 is 0.347 bits per heavy atom. The van der Waals surface area contributed by atoms with Gasteiger partial charge in [0.25, 0.3) is 0 Å². The van der Waals surface area contributed by atoms with E-state index in [9.17, 15) is 0 Å². The lowest BCUT2D eigenvalue weighted by molar-refractivity contribution is 1.16. The van der Waals surface area contributed by atoms with E-state index in [4.69, 9.17) is 0 Å². The van der Waals surface area contributed by atoms with Gasteiger partial charge in [-0.25, -0.2) is 0 Å². The van der Waals surface area contributed by atoms with E-state index in [-0.39, 0.29) is 0 Å². The quantitative estimate of drug-likeness (QED) is 0.182. The Bertz CT molecular complexity index is 3100. The Morgan fingerprint density at radius 3 is 1.67 bits per heavy atom. The Balaban J connectivity index is 1.26. The third-order valence-corrected chi connectivity index (χ3v) is 11.5. The number of para-hydroxylation sites is 3. The van der Waals surface area contributed by atoms with Crippen LogP contribution in [-0.2, 0) is 0 Å². The molecule has 0 amide bonds. The van der Waals surface area contributed by atoms with Crippen LogP contribution < -0.4 is 0 Å². The van der Waals surface area contributed by atoms with Crippen LogP contribution in [0.3, 0.4) is 0 Å². The average molecular weight is 641 g/mol. The van der Waals surface area contributed by atoms with Crippen molar-refractivity contribution in [2.75, 3.05) is 0 Å². The van der Waals surface area contributed by atoms with Gasteiger partial charge in [-0.1, -0.05) is 121 Å². The molecule has 49 heavy (non-hydrogen) atoms. The maximum atomic E-state index is 2.52. The third kappa shape index (κ3) is 3.76. The van der Waals surface area contributed by atoms with E-state index in [0.717, 1.165) is 5.69 Å². The fraction of sp³-hybridized carbons (Fsp3) is 0. The van der Waals surface area contributed by atoms with Crippen molar-refractivity contribution >= 4 is 85.9 Å². The zero-order chi connectivity index (χ0) is 32.1. The first-order chi connectivity index (χ1) is 24.3. The van der Waals surface area contributed by atoms with Gasteiger partial charge in [-0.05, 0) is 65.0 Å². The normalized spacial score (nSPS) is 12.1. The molecular weight excluding hydrogens is 613 g/mol. The highest BCUT2D eigenvalue weighted by Crippen LogP contribution is 2.44. The van der Waals surface area contributed by atoms with E-state index in [1.807, 2.05) is 11.3 Å². The molecule has 11 aromatic rings. The van der Waals surface area contributed by atoms with Gasteiger partial charge in [-0.15, -0.1) is 11.3 Å². The highest BCUT2D eigenvalue weighted by molar-refractivity contribution is 7.25. The van der Waals surface area contributed by atoms with Gasteiger partial charge in [0.1, 0.15) is 0 Å². The van der Waals surface area contributed by atoms with Gasteiger partial charge < -0.3 is 9.13 Å². The lowest BCUT2D eigenvalue weighted by Gasteiger charge is -2.16. The van der Waals surface area contributed by atoms with Crippen LogP contribution in [0, 0.1) is 0 Å². The summed E-state index contributed by atoms with van der Waals surface area (Å²) in [6.45, 7) is 0. The molecule has 0 radical (unpaired) electrons. The maximum absolute atomic E-state index is 2.52. The number of hydrogen-bond acceptors (Lipinski definition) is 1. The SMILES string of the molecule is c1ccc(-n2c3ccccc3c3ccc4c5ccccc5n(-c5ccc(-c6ccc7sc8ccccc8c7c6)c6ccccc56)c4c32)cc1. The fourth-order valence-electron chi connectivity index (χ4n) is 8.22. The smallest absolute Gasteiger partial charge is 0.0789 e. The molecule has 3 heteroatoms. The van der Waals surface area contributed by atoms with Gasteiger partial charge in [-0.2, -0.15) is 0 Å². The summed E-state index contributed by atoms with van der Waals surface area (Å²) in [5.41, 5.74) is 9.71. The minimum absolute atomic E-state index is 1.16. The lowest BCUT2D eigenvalue weighted by Crippen LogP contribution is -1.99. The average Bonchev–Trinajstić information content (AvgIpc) is 3.82. The first kappa shape index (κ1) is 26.9. The minimum atomic E-state index is 1.16. The van der Waals surface area contributed by atoms with Crippen molar-refractivity contribution in [1.29, 1.82) is 0 Å². The third-order valence-electron chi connectivity index (χ3n) is 10.3. The van der Waals surface area contributed by atoms with Gasteiger partial charge in [0, 0.05) is 52.8 Å². The van der Waals surface area contributed by atoms with E-state index in [0.29, 0.717) is 0 Å². The van der Waals surface area contributed by atoms with Crippen molar-refractivity contribution in [3.8, 4) is 22.5 Å². The zero-order valence-electron chi connectivity index (χ0n) is 26.5. The van der Waals surface area contributed by atoms with Crippen molar-refractivity contribution in [3.05, 3.63) is 170 Å². The summed E-state index contributed by atoms with van der Waals surface area (Å²) >= 11 is 1.87. The molecule has 228 valence electrons. The second-order valence-corrected chi connectivity index (χ2v) is 14.0. The standard InChI is InChI=1S/C46H28N2S/c1-2-12-30(13-3-1)47-40-19-9-6-16-34(40)37-23-24-38-35-17-7-10-20-41(35)48(46(38)45(37)47)42-26-25-31(32-14-4-5-15-33(32)42)29-22-27-44-39(28-29)36-18-8-11-21-43(36)49-44/h1-28H. The van der Waals surface area contributed by atoms with E-state index < -0.39 is 0 Å². The summed E-state index contributed by atoms with van der Waals surface area (Å²) in [4.78, 5) is 0. The molecule has 0 saturated heterocycles.